The van der Waals surface area contributed by atoms with Gasteiger partial charge < -0.3 is 20.3 Å². The maximum absolute atomic E-state index is 13.2. The summed E-state index contributed by atoms with van der Waals surface area (Å²) in [7, 11) is 0. The Bertz CT molecular complexity index is 497. The lowest BCUT2D eigenvalue weighted by Gasteiger charge is -2.18. The van der Waals surface area contributed by atoms with Crippen molar-refractivity contribution in [3.05, 3.63) is 29.8 Å². The van der Waals surface area contributed by atoms with Crippen molar-refractivity contribution in [2.75, 3.05) is 6.61 Å². The smallest absolute Gasteiger partial charge is 0.258 e. The summed E-state index contributed by atoms with van der Waals surface area (Å²) in [6.45, 7) is -0.456. The Morgan fingerprint density at radius 1 is 1.35 bits per heavy atom. The zero-order valence-corrected chi connectivity index (χ0v) is 10.6. The molecular formula is C13H15F2NO4. The minimum Gasteiger partial charge on any atom is -0.481 e. The van der Waals surface area contributed by atoms with Gasteiger partial charge in [-0.1, -0.05) is 0 Å². The first kappa shape index (κ1) is 14.7. The van der Waals surface area contributed by atoms with E-state index in [2.05, 4.69) is 5.32 Å². The summed E-state index contributed by atoms with van der Waals surface area (Å²) < 4.78 is 30.8. The summed E-state index contributed by atoms with van der Waals surface area (Å²) >= 11 is 0. The standard InChI is InChI=1S/C13H15F2NO4/c14-7-1-4-11(8(15)5-7)20-6-12(18)16-9-2-3-10(17)13(9)19/h1,4-5,9-10,13,17,19H,2-3,6H2,(H,16,18)/t9-,10-,13-/m1/s1. The van der Waals surface area contributed by atoms with Gasteiger partial charge >= 0.3 is 0 Å². The van der Waals surface area contributed by atoms with Gasteiger partial charge in [0.1, 0.15) is 5.82 Å². The van der Waals surface area contributed by atoms with Gasteiger partial charge in [0.15, 0.2) is 18.2 Å². The van der Waals surface area contributed by atoms with Gasteiger partial charge in [0.05, 0.1) is 18.2 Å². The highest BCUT2D eigenvalue weighted by Gasteiger charge is 2.34. The lowest BCUT2D eigenvalue weighted by atomic mass is 10.2. The number of aliphatic hydroxyl groups is 2. The summed E-state index contributed by atoms with van der Waals surface area (Å²) in [5.41, 5.74) is 0. The highest BCUT2D eigenvalue weighted by atomic mass is 19.1. The first-order valence-electron chi connectivity index (χ1n) is 6.20. The second kappa shape index (κ2) is 6.15. The van der Waals surface area contributed by atoms with Crippen molar-refractivity contribution in [3.63, 3.8) is 0 Å². The number of carbonyl (C=O) groups excluding carboxylic acids is 1. The molecule has 3 atom stereocenters. The molecule has 1 amide bonds. The van der Waals surface area contributed by atoms with Crippen LogP contribution < -0.4 is 10.1 Å². The molecule has 0 aliphatic heterocycles. The Hall–Kier alpha value is -1.73. The van der Waals surface area contributed by atoms with Crippen molar-refractivity contribution in [1.82, 2.24) is 5.32 Å². The van der Waals surface area contributed by atoms with E-state index < -0.39 is 42.4 Å². The van der Waals surface area contributed by atoms with E-state index in [9.17, 15) is 23.8 Å². The zero-order valence-electron chi connectivity index (χ0n) is 10.6. The Kier molecular flexibility index (Phi) is 4.51. The first-order chi connectivity index (χ1) is 9.47. The fourth-order valence-electron chi connectivity index (χ4n) is 2.10. The number of hydrogen-bond donors (Lipinski definition) is 3. The average molecular weight is 287 g/mol. The third-order valence-electron chi connectivity index (χ3n) is 3.18. The summed E-state index contributed by atoms with van der Waals surface area (Å²) in [6.07, 6.45) is -1.00. The lowest BCUT2D eigenvalue weighted by Crippen LogP contribution is -2.44. The van der Waals surface area contributed by atoms with Crippen molar-refractivity contribution >= 4 is 5.91 Å². The number of ether oxygens (including phenoxy) is 1. The van der Waals surface area contributed by atoms with Crippen LogP contribution in [0.1, 0.15) is 12.8 Å². The fourth-order valence-corrected chi connectivity index (χ4v) is 2.10. The van der Waals surface area contributed by atoms with Crippen molar-refractivity contribution in [2.45, 2.75) is 31.1 Å². The molecule has 3 N–H and O–H groups in total. The molecule has 1 aromatic carbocycles. The van der Waals surface area contributed by atoms with Gasteiger partial charge in [0.25, 0.3) is 5.91 Å². The number of nitrogens with one attached hydrogen (secondary N) is 1. The Labute approximate surface area is 114 Å². The molecule has 1 aliphatic carbocycles. The van der Waals surface area contributed by atoms with Gasteiger partial charge in [-0.15, -0.1) is 0 Å². The van der Waals surface area contributed by atoms with Crippen LogP contribution in [0.5, 0.6) is 5.75 Å². The molecule has 5 nitrogen and oxygen atoms in total. The van der Waals surface area contributed by atoms with Crippen LogP contribution in [0.15, 0.2) is 18.2 Å². The molecule has 1 aliphatic rings. The number of aliphatic hydroxyl groups excluding tert-OH is 2. The molecule has 0 heterocycles. The molecule has 7 heteroatoms. The quantitative estimate of drug-likeness (QED) is 0.746. The molecule has 0 spiro atoms. The predicted molar refractivity (Wildman–Crippen MR) is 65.0 cm³/mol. The molecular weight excluding hydrogens is 272 g/mol. The van der Waals surface area contributed by atoms with Crippen molar-refractivity contribution in [1.29, 1.82) is 0 Å². The fraction of sp³-hybridized carbons (Fsp3) is 0.462. The van der Waals surface area contributed by atoms with Crippen molar-refractivity contribution in [2.24, 2.45) is 0 Å². The van der Waals surface area contributed by atoms with Crippen LogP contribution in [-0.2, 0) is 4.79 Å². The van der Waals surface area contributed by atoms with Gasteiger partial charge in [-0.25, -0.2) is 8.78 Å². The minimum absolute atomic E-state index is 0.228. The van der Waals surface area contributed by atoms with E-state index in [1.165, 1.54) is 0 Å². The molecule has 2 rings (SSSR count). The maximum Gasteiger partial charge on any atom is 0.258 e. The minimum atomic E-state index is -1.01. The molecule has 1 saturated carbocycles. The molecule has 110 valence electrons. The lowest BCUT2D eigenvalue weighted by molar-refractivity contribution is -0.124. The number of hydrogen-bond acceptors (Lipinski definition) is 4. The second-order valence-corrected chi connectivity index (χ2v) is 4.67. The van der Waals surface area contributed by atoms with Crippen LogP contribution in [0, 0.1) is 11.6 Å². The Morgan fingerprint density at radius 2 is 2.10 bits per heavy atom. The molecule has 0 unspecified atom stereocenters. The Morgan fingerprint density at radius 3 is 2.70 bits per heavy atom. The molecule has 20 heavy (non-hydrogen) atoms. The average Bonchev–Trinajstić information content (AvgIpc) is 2.70. The third-order valence-corrected chi connectivity index (χ3v) is 3.18. The van der Waals surface area contributed by atoms with E-state index in [1.54, 1.807) is 0 Å². The number of carbonyl (C=O) groups is 1. The normalized spacial score (nSPS) is 25.5. The maximum atomic E-state index is 13.2. The third kappa shape index (κ3) is 3.43. The van der Waals surface area contributed by atoms with E-state index in [4.69, 9.17) is 4.74 Å². The molecule has 0 bridgehead atoms. The van der Waals surface area contributed by atoms with E-state index in [1.807, 2.05) is 0 Å². The van der Waals surface area contributed by atoms with Crippen LogP contribution in [0.3, 0.4) is 0 Å². The second-order valence-electron chi connectivity index (χ2n) is 4.67. The van der Waals surface area contributed by atoms with Gasteiger partial charge in [-0.2, -0.15) is 0 Å². The monoisotopic (exact) mass is 287 g/mol. The molecule has 0 radical (unpaired) electrons. The zero-order chi connectivity index (χ0) is 14.7. The summed E-state index contributed by atoms with van der Waals surface area (Å²) in [5.74, 6) is -2.41. The first-order valence-corrected chi connectivity index (χ1v) is 6.20. The van der Waals surface area contributed by atoms with Crippen molar-refractivity contribution < 1.29 is 28.5 Å². The van der Waals surface area contributed by atoms with E-state index in [-0.39, 0.29) is 5.75 Å². The SMILES string of the molecule is O=C(COc1ccc(F)cc1F)N[C@@H]1CC[C@@H](O)[C@@H]1O. The molecule has 1 aromatic rings. The number of rotatable bonds is 4. The molecule has 0 aromatic heterocycles. The highest BCUT2D eigenvalue weighted by Crippen LogP contribution is 2.20. The molecule has 0 saturated heterocycles. The Balaban J connectivity index is 1.83. The van der Waals surface area contributed by atoms with Gasteiger partial charge in [0, 0.05) is 6.07 Å². The van der Waals surface area contributed by atoms with Crippen LogP contribution in [-0.4, -0.2) is 41.0 Å². The van der Waals surface area contributed by atoms with E-state index >= 15 is 0 Å². The highest BCUT2D eigenvalue weighted by molar-refractivity contribution is 5.78. The van der Waals surface area contributed by atoms with Crippen LogP contribution in [0.25, 0.3) is 0 Å². The summed E-state index contributed by atoms with van der Waals surface area (Å²) in [4.78, 5) is 11.6. The van der Waals surface area contributed by atoms with Gasteiger partial charge in [0.2, 0.25) is 0 Å². The number of halogens is 2. The number of benzene rings is 1. The topological polar surface area (TPSA) is 78.8 Å². The van der Waals surface area contributed by atoms with Crippen molar-refractivity contribution in [3.8, 4) is 5.75 Å². The largest absolute Gasteiger partial charge is 0.481 e. The van der Waals surface area contributed by atoms with Gasteiger partial charge in [-0.05, 0) is 25.0 Å². The molecule has 1 fully saturated rings. The van der Waals surface area contributed by atoms with Crippen LogP contribution >= 0.6 is 0 Å². The summed E-state index contributed by atoms with van der Waals surface area (Å²) in [6, 6.07) is 2.23. The summed E-state index contributed by atoms with van der Waals surface area (Å²) in [5, 5.41) is 21.4. The van der Waals surface area contributed by atoms with Gasteiger partial charge in [-0.3, -0.25) is 4.79 Å². The predicted octanol–water partition coefficient (Wildman–Crippen LogP) is 0.344. The van der Waals surface area contributed by atoms with E-state index in [0.29, 0.717) is 18.9 Å². The van der Waals surface area contributed by atoms with Crippen LogP contribution in [0.4, 0.5) is 8.78 Å². The number of amides is 1. The van der Waals surface area contributed by atoms with E-state index in [0.717, 1.165) is 12.1 Å². The van der Waals surface area contributed by atoms with Crippen LogP contribution in [0.2, 0.25) is 0 Å².